The number of imidazole rings is 1. The van der Waals surface area contributed by atoms with Crippen LogP contribution in [-0.2, 0) is 4.79 Å². The molecule has 2 N–H and O–H groups in total. The summed E-state index contributed by atoms with van der Waals surface area (Å²) in [5, 5.41) is 18.7. The number of hydrogen-bond acceptors (Lipinski definition) is 3. The molecule has 0 saturated carbocycles. The number of aromatic nitrogens is 2. The average Bonchev–Trinajstić information content (AvgIpc) is 2.59. The number of nitrogens with zero attached hydrogens (tertiary/aromatic N) is 2. The number of rotatable bonds is 3. The first-order valence-corrected chi connectivity index (χ1v) is 4.98. The second-order valence-electron chi connectivity index (χ2n) is 3.39. The molecule has 0 saturated heterocycles. The summed E-state index contributed by atoms with van der Waals surface area (Å²) in [6, 6.07) is 3.37. The maximum absolute atomic E-state index is 10.4. The highest BCUT2D eigenvalue weighted by molar-refractivity contribution is 6.30. The third-order valence-electron chi connectivity index (χ3n) is 2.14. The first-order valence-electron chi connectivity index (χ1n) is 4.60. The summed E-state index contributed by atoms with van der Waals surface area (Å²) < 4.78 is 1.64. The summed E-state index contributed by atoms with van der Waals surface area (Å²) in [4.78, 5) is 14.5. The van der Waals surface area contributed by atoms with Crippen molar-refractivity contribution in [1.82, 2.24) is 9.38 Å². The van der Waals surface area contributed by atoms with E-state index in [1.165, 1.54) is 0 Å². The van der Waals surface area contributed by atoms with E-state index in [1.807, 2.05) is 0 Å². The number of aliphatic hydroxyl groups excluding tert-OH is 1. The van der Waals surface area contributed by atoms with Crippen molar-refractivity contribution in [2.75, 3.05) is 0 Å². The third-order valence-corrected chi connectivity index (χ3v) is 2.37. The molecule has 0 aliphatic rings. The zero-order chi connectivity index (χ0) is 11.7. The minimum atomic E-state index is -1.10. The van der Waals surface area contributed by atoms with Crippen LogP contribution >= 0.6 is 11.6 Å². The van der Waals surface area contributed by atoms with E-state index in [4.69, 9.17) is 16.7 Å². The van der Waals surface area contributed by atoms with Gasteiger partial charge in [0.1, 0.15) is 11.8 Å². The number of carboxylic acids is 1. The normalized spacial score (nSPS) is 12.9. The minimum absolute atomic E-state index is 0.324. The van der Waals surface area contributed by atoms with Gasteiger partial charge in [0.2, 0.25) is 0 Å². The standard InChI is InChI=1S/C10H9ClN2O3/c11-6-1-2-9-12-7(5-13(9)4-6)8(14)3-10(15)16/h1-2,4-5,8,14H,3H2,(H,15,16). The number of hydrogen-bond donors (Lipinski definition) is 2. The Labute approximate surface area is 95.9 Å². The third kappa shape index (κ3) is 2.15. The number of carboxylic acid groups (broad SMARTS) is 1. The van der Waals surface area contributed by atoms with E-state index < -0.39 is 12.1 Å². The molecular weight excluding hydrogens is 232 g/mol. The van der Waals surface area contributed by atoms with Crippen molar-refractivity contribution in [2.24, 2.45) is 0 Å². The molecular formula is C10H9ClN2O3. The molecule has 5 nitrogen and oxygen atoms in total. The van der Waals surface area contributed by atoms with Gasteiger partial charge >= 0.3 is 5.97 Å². The number of aliphatic hydroxyl groups is 1. The summed E-state index contributed by atoms with van der Waals surface area (Å²) in [5.41, 5.74) is 0.938. The van der Waals surface area contributed by atoms with Crippen LogP contribution in [0.3, 0.4) is 0 Å². The van der Waals surface area contributed by atoms with Crippen molar-refractivity contribution < 1.29 is 15.0 Å². The number of aliphatic carboxylic acids is 1. The van der Waals surface area contributed by atoms with E-state index in [9.17, 15) is 9.90 Å². The first-order chi connectivity index (χ1) is 7.56. The highest BCUT2D eigenvalue weighted by Gasteiger charge is 2.15. The lowest BCUT2D eigenvalue weighted by Crippen LogP contribution is -2.05. The van der Waals surface area contributed by atoms with Gasteiger partial charge in [-0.3, -0.25) is 4.79 Å². The summed E-state index contributed by atoms with van der Waals surface area (Å²) in [7, 11) is 0. The zero-order valence-electron chi connectivity index (χ0n) is 8.17. The highest BCUT2D eigenvalue weighted by atomic mass is 35.5. The van der Waals surface area contributed by atoms with E-state index in [0.717, 1.165) is 0 Å². The molecule has 2 aromatic rings. The predicted octanol–water partition coefficient (Wildman–Crippen LogP) is 1.50. The summed E-state index contributed by atoms with van der Waals surface area (Å²) in [5.74, 6) is -1.07. The van der Waals surface area contributed by atoms with E-state index in [1.54, 1.807) is 28.9 Å². The molecule has 84 valence electrons. The molecule has 0 aliphatic heterocycles. The summed E-state index contributed by atoms with van der Waals surface area (Å²) >= 11 is 5.79. The van der Waals surface area contributed by atoms with Gasteiger partial charge in [-0.2, -0.15) is 0 Å². The van der Waals surface area contributed by atoms with Crippen LogP contribution in [0.4, 0.5) is 0 Å². The van der Waals surface area contributed by atoms with Crippen LogP contribution in [-0.4, -0.2) is 25.6 Å². The smallest absolute Gasteiger partial charge is 0.306 e. The fourth-order valence-corrected chi connectivity index (χ4v) is 1.58. The van der Waals surface area contributed by atoms with Crippen molar-refractivity contribution in [3.63, 3.8) is 0 Å². The first kappa shape index (κ1) is 10.9. The van der Waals surface area contributed by atoms with Crippen LogP contribution < -0.4 is 0 Å². The Morgan fingerprint density at radius 3 is 2.94 bits per heavy atom. The van der Waals surface area contributed by atoms with Crippen molar-refractivity contribution in [3.8, 4) is 0 Å². The van der Waals surface area contributed by atoms with E-state index >= 15 is 0 Å². The van der Waals surface area contributed by atoms with Crippen LogP contribution in [0.1, 0.15) is 18.2 Å². The van der Waals surface area contributed by atoms with Gasteiger partial charge in [0.05, 0.1) is 17.1 Å². The van der Waals surface area contributed by atoms with Crippen LogP contribution in [0.25, 0.3) is 5.65 Å². The van der Waals surface area contributed by atoms with Gasteiger partial charge in [0, 0.05) is 12.4 Å². The van der Waals surface area contributed by atoms with Gasteiger partial charge in [-0.15, -0.1) is 0 Å². The largest absolute Gasteiger partial charge is 0.481 e. The molecule has 2 rings (SSSR count). The predicted molar refractivity (Wildman–Crippen MR) is 57.4 cm³/mol. The SMILES string of the molecule is O=C(O)CC(O)c1cn2cc(Cl)ccc2n1. The molecule has 2 aromatic heterocycles. The van der Waals surface area contributed by atoms with Crippen LogP contribution in [0.5, 0.6) is 0 Å². The Bertz CT molecular complexity index is 538. The second-order valence-corrected chi connectivity index (χ2v) is 3.83. The molecule has 0 radical (unpaired) electrons. The lowest BCUT2D eigenvalue weighted by molar-refractivity contribution is -0.139. The van der Waals surface area contributed by atoms with E-state index in [2.05, 4.69) is 4.98 Å². The van der Waals surface area contributed by atoms with Gasteiger partial charge in [0.25, 0.3) is 0 Å². The number of pyridine rings is 1. The van der Waals surface area contributed by atoms with Crippen LogP contribution in [0.15, 0.2) is 24.5 Å². The van der Waals surface area contributed by atoms with Crippen molar-refractivity contribution in [2.45, 2.75) is 12.5 Å². The molecule has 0 aliphatic carbocycles. The number of fused-ring (bicyclic) bond motifs is 1. The molecule has 0 aromatic carbocycles. The Hall–Kier alpha value is -1.59. The molecule has 1 atom stereocenters. The lowest BCUT2D eigenvalue weighted by Gasteiger charge is -2.01. The van der Waals surface area contributed by atoms with Gasteiger partial charge < -0.3 is 14.6 Å². The topological polar surface area (TPSA) is 74.8 Å². The van der Waals surface area contributed by atoms with E-state index in [0.29, 0.717) is 16.4 Å². The monoisotopic (exact) mass is 240 g/mol. The van der Waals surface area contributed by atoms with Crippen molar-refractivity contribution in [1.29, 1.82) is 0 Å². The van der Waals surface area contributed by atoms with Gasteiger partial charge in [0.15, 0.2) is 0 Å². The van der Waals surface area contributed by atoms with Crippen LogP contribution in [0, 0.1) is 0 Å². The fraction of sp³-hybridized carbons (Fsp3) is 0.200. The number of carbonyl (C=O) groups is 1. The lowest BCUT2D eigenvalue weighted by atomic mass is 10.2. The summed E-state index contributed by atoms with van der Waals surface area (Å²) in [6.07, 6.45) is 1.74. The highest BCUT2D eigenvalue weighted by Crippen LogP contribution is 2.18. The Morgan fingerprint density at radius 2 is 2.25 bits per heavy atom. The van der Waals surface area contributed by atoms with Crippen LogP contribution in [0.2, 0.25) is 5.02 Å². The molecule has 0 fully saturated rings. The molecule has 16 heavy (non-hydrogen) atoms. The van der Waals surface area contributed by atoms with Gasteiger partial charge in [-0.1, -0.05) is 11.6 Å². The quantitative estimate of drug-likeness (QED) is 0.853. The zero-order valence-corrected chi connectivity index (χ0v) is 8.92. The molecule has 0 amide bonds. The Balaban J connectivity index is 2.35. The van der Waals surface area contributed by atoms with Gasteiger partial charge in [-0.25, -0.2) is 4.98 Å². The Morgan fingerprint density at radius 1 is 1.50 bits per heavy atom. The van der Waals surface area contributed by atoms with Gasteiger partial charge in [-0.05, 0) is 12.1 Å². The molecule has 0 bridgehead atoms. The van der Waals surface area contributed by atoms with Crippen molar-refractivity contribution >= 4 is 23.2 Å². The second kappa shape index (κ2) is 4.11. The molecule has 0 spiro atoms. The minimum Gasteiger partial charge on any atom is -0.481 e. The summed E-state index contributed by atoms with van der Waals surface area (Å²) in [6.45, 7) is 0. The molecule has 2 heterocycles. The van der Waals surface area contributed by atoms with Crippen molar-refractivity contribution in [3.05, 3.63) is 35.2 Å². The van der Waals surface area contributed by atoms with E-state index in [-0.39, 0.29) is 6.42 Å². The average molecular weight is 241 g/mol. The number of halogens is 1. The fourth-order valence-electron chi connectivity index (χ4n) is 1.41. The molecule has 1 unspecified atom stereocenters. The maximum atomic E-state index is 10.4. The maximum Gasteiger partial charge on any atom is 0.306 e. The Kier molecular flexibility index (Phi) is 2.80. The molecule has 6 heteroatoms.